The first kappa shape index (κ1) is 23.7. The number of hydrogen-bond donors (Lipinski definition) is 0. The molecule has 4 heteroatoms. The fourth-order valence-corrected chi connectivity index (χ4v) is 4.83. The fourth-order valence-electron chi connectivity index (χ4n) is 4.83. The van der Waals surface area contributed by atoms with Crippen LogP contribution in [0, 0.1) is 17.7 Å². The Morgan fingerprint density at radius 3 is 2.26 bits per heavy atom. The minimum absolute atomic E-state index is 0.220. The molecule has 2 aromatic rings. The average molecular weight is 427 g/mol. The minimum Gasteiger partial charge on any atom is -0.477 e. The number of rotatable bonds is 12. The Bertz CT molecular complexity index is 769. The largest absolute Gasteiger partial charge is 0.477 e. The zero-order valence-corrected chi connectivity index (χ0v) is 19.4. The van der Waals surface area contributed by atoms with E-state index in [0.717, 1.165) is 23.8 Å². The summed E-state index contributed by atoms with van der Waals surface area (Å²) >= 11 is 0. The van der Waals surface area contributed by atoms with Gasteiger partial charge in [-0.2, -0.15) is 0 Å². The van der Waals surface area contributed by atoms with Gasteiger partial charge in [0.25, 0.3) is 0 Å². The standard InChI is InChI=1S/C27H39FN2O/c1-3-5-6-7-8-9-21-10-12-22(13-11-21)14-15-23-16-17-24(25(28)20-23)26-18-19-27(30-29-26)31-4-2/h16-22H,3-15H2,1-2H3. The van der Waals surface area contributed by atoms with Crippen LogP contribution in [0.15, 0.2) is 30.3 Å². The average Bonchev–Trinajstić information content (AvgIpc) is 2.79. The predicted octanol–water partition coefficient (Wildman–Crippen LogP) is 7.78. The Morgan fingerprint density at radius 1 is 0.871 bits per heavy atom. The van der Waals surface area contributed by atoms with Crippen LogP contribution >= 0.6 is 0 Å². The van der Waals surface area contributed by atoms with Crippen LogP contribution in [0.5, 0.6) is 5.88 Å². The molecule has 1 aliphatic carbocycles. The van der Waals surface area contributed by atoms with E-state index in [1.54, 1.807) is 18.2 Å². The van der Waals surface area contributed by atoms with Crippen LogP contribution in [0.3, 0.4) is 0 Å². The van der Waals surface area contributed by atoms with Crippen molar-refractivity contribution in [2.75, 3.05) is 6.61 Å². The number of ether oxygens (including phenoxy) is 1. The molecule has 0 radical (unpaired) electrons. The molecule has 0 atom stereocenters. The van der Waals surface area contributed by atoms with Crippen LogP contribution < -0.4 is 4.74 Å². The first-order valence-corrected chi connectivity index (χ1v) is 12.4. The molecule has 1 saturated carbocycles. The number of benzene rings is 1. The molecule has 0 bridgehead atoms. The van der Waals surface area contributed by atoms with Crippen molar-refractivity contribution in [1.29, 1.82) is 0 Å². The lowest BCUT2D eigenvalue weighted by molar-refractivity contribution is 0.248. The maximum atomic E-state index is 14.7. The molecular weight excluding hydrogens is 387 g/mol. The van der Waals surface area contributed by atoms with Crippen LogP contribution in [0.25, 0.3) is 11.3 Å². The van der Waals surface area contributed by atoms with E-state index in [0.29, 0.717) is 23.7 Å². The number of hydrogen-bond acceptors (Lipinski definition) is 3. The van der Waals surface area contributed by atoms with E-state index < -0.39 is 0 Å². The lowest BCUT2D eigenvalue weighted by Gasteiger charge is -2.28. The van der Waals surface area contributed by atoms with Crippen molar-refractivity contribution in [3.63, 3.8) is 0 Å². The SMILES string of the molecule is CCCCCCCC1CCC(CCc2ccc(-c3ccc(OCC)nn3)c(F)c2)CC1. The van der Waals surface area contributed by atoms with E-state index in [9.17, 15) is 4.39 Å². The summed E-state index contributed by atoms with van der Waals surface area (Å²) in [7, 11) is 0. The smallest absolute Gasteiger partial charge is 0.233 e. The predicted molar refractivity (Wildman–Crippen MR) is 126 cm³/mol. The molecule has 3 rings (SSSR count). The summed E-state index contributed by atoms with van der Waals surface area (Å²) in [6, 6.07) is 9.05. The summed E-state index contributed by atoms with van der Waals surface area (Å²) in [5.74, 6) is 2.00. The van der Waals surface area contributed by atoms with E-state index in [2.05, 4.69) is 17.1 Å². The monoisotopic (exact) mass is 426 g/mol. The molecule has 1 fully saturated rings. The number of nitrogens with zero attached hydrogens (tertiary/aromatic N) is 2. The molecule has 0 unspecified atom stereocenters. The highest BCUT2D eigenvalue weighted by Gasteiger charge is 2.21. The van der Waals surface area contributed by atoms with E-state index in [4.69, 9.17) is 4.74 Å². The molecule has 0 saturated heterocycles. The van der Waals surface area contributed by atoms with Gasteiger partial charge in [0.1, 0.15) is 5.82 Å². The van der Waals surface area contributed by atoms with Gasteiger partial charge in [-0.05, 0) is 55.4 Å². The lowest BCUT2D eigenvalue weighted by Crippen LogP contribution is -2.15. The van der Waals surface area contributed by atoms with Crippen molar-refractivity contribution in [1.82, 2.24) is 10.2 Å². The minimum atomic E-state index is -0.220. The molecule has 1 heterocycles. The van der Waals surface area contributed by atoms with Gasteiger partial charge in [-0.25, -0.2) is 4.39 Å². The molecule has 31 heavy (non-hydrogen) atoms. The van der Waals surface area contributed by atoms with E-state index in [1.807, 2.05) is 19.1 Å². The van der Waals surface area contributed by atoms with Crippen LogP contribution in [-0.2, 0) is 6.42 Å². The second kappa shape index (κ2) is 12.8. The van der Waals surface area contributed by atoms with Gasteiger partial charge in [-0.3, -0.25) is 0 Å². The summed E-state index contributed by atoms with van der Waals surface area (Å²) in [6.07, 6.45) is 16.0. The first-order chi connectivity index (χ1) is 15.2. The van der Waals surface area contributed by atoms with Gasteiger partial charge in [0.2, 0.25) is 5.88 Å². The van der Waals surface area contributed by atoms with Crippen LogP contribution in [0.1, 0.15) is 90.0 Å². The highest BCUT2D eigenvalue weighted by atomic mass is 19.1. The van der Waals surface area contributed by atoms with Crippen molar-refractivity contribution in [2.24, 2.45) is 11.8 Å². The maximum Gasteiger partial charge on any atom is 0.233 e. The lowest BCUT2D eigenvalue weighted by atomic mass is 9.77. The van der Waals surface area contributed by atoms with Crippen molar-refractivity contribution >= 4 is 0 Å². The van der Waals surface area contributed by atoms with Crippen LogP contribution in [0.2, 0.25) is 0 Å². The molecule has 170 valence electrons. The first-order valence-electron chi connectivity index (χ1n) is 12.4. The Labute approximate surface area is 187 Å². The summed E-state index contributed by atoms with van der Waals surface area (Å²) < 4.78 is 20.0. The van der Waals surface area contributed by atoms with Gasteiger partial charge < -0.3 is 4.74 Å². The summed E-state index contributed by atoms with van der Waals surface area (Å²) in [4.78, 5) is 0. The van der Waals surface area contributed by atoms with Gasteiger partial charge in [0, 0.05) is 11.6 Å². The third kappa shape index (κ3) is 7.59. The Kier molecular flexibility index (Phi) is 9.77. The molecule has 0 amide bonds. The molecule has 1 aliphatic rings. The van der Waals surface area contributed by atoms with Crippen molar-refractivity contribution in [3.8, 4) is 17.1 Å². The van der Waals surface area contributed by atoms with Gasteiger partial charge >= 0.3 is 0 Å². The van der Waals surface area contributed by atoms with E-state index in [-0.39, 0.29) is 5.82 Å². The number of halogens is 1. The van der Waals surface area contributed by atoms with Gasteiger partial charge in [-0.1, -0.05) is 77.2 Å². The van der Waals surface area contributed by atoms with E-state index >= 15 is 0 Å². The fraction of sp³-hybridized carbons (Fsp3) is 0.630. The second-order valence-corrected chi connectivity index (χ2v) is 9.13. The molecule has 0 spiro atoms. The maximum absolute atomic E-state index is 14.7. The topological polar surface area (TPSA) is 35.0 Å². The normalized spacial score (nSPS) is 18.8. The second-order valence-electron chi connectivity index (χ2n) is 9.13. The third-order valence-corrected chi connectivity index (χ3v) is 6.77. The molecule has 3 nitrogen and oxygen atoms in total. The summed E-state index contributed by atoms with van der Waals surface area (Å²) in [6.45, 7) is 4.72. The van der Waals surface area contributed by atoms with Gasteiger partial charge in [-0.15, -0.1) is 10.2 Å². The third-order valence-electron chi connectivity index (χ3n) is 6.77. The van der Waals surface area contributed by atoms with Crippen LogP contribution in [-0.4, -0.2) is 16.8 Å². The zero-order chi connectivity index (χ0) is 21.9. The Morgan fingerprint density at radius 2 is 1.61 bits per heavy atom. The highest BCUT2D eigenvalue weighted by molar-refractivity contribution is 5.60. The van der Waals surface area contributed by atoms with Crippen molar-refractivity contribution in [3.05, 3.63) is 41.7 Å². The summed E-state index contributed by atoms with van der Waals surface area (Å²) in [5.41, 5.74) is 2.12. The van der Waals surface area contributed by atoms with Gasteiger partial charge in [0.15, 0.2) is 0 Å². The molecule has 0 N–H and O–H groups in total. The molecule has 0 aliphatic heterocycles. The molecule has 1 aromatic carbocycles. The van der Waals surface area contributed by atoms with E-state index in [1.165, 1.54) is 70.6 Å². The number of aryl methyl sites for hydroxylation is 1. The highest BCUT2D eigenvalue weighted by Crippen LogP contribution is 2.34. The quantitative estimate of drug-likeness (QED) is 0.325. The van der Waals surface area contributed by atoms with Crippen molar-refractivity contribution < 1.29 is 9.13 Å². The zero-order valence-electron chi connectivity index (χ0n) is 19.4. The Hall–Kier alpha value is -1.97. The summed E-state index contributed by atoms with van der Waals surface area (Å²) in [5, 5.41) is 8.11. The van der Waals surface area contributed by atoms with Crippen LogP contribution in [0.4, 0.5) is 4.39 Å². The molecular formula is C27H39FN2O. The number of unbranched alkanes of at least 4 members (excludes halogenated alkanes) is 4. The number of aromatic nitrogens is 2. The van der Waals surface area contributed by atoms with Crippen molar-refractivity contribution in [2.45, 2.75) is 90.9 Å². The Balaban J connectivity index is 1.42. The van der Waals surface area contributed by atoms with Gasteiger partial charge in [0.05, 0.1) is 12.3 Å². The molecule has 1 aromatic heterocycles.